The molecule has 0 radical (unpaired) electrons. The van der Waals surface area contributed by atoms with Gasteiger partial charge in [0.2, 0.25) is 0 Å². The summed E-state index contributed by atoms with van der Waals surface area (Å²) >= 11 is 1.88. The van der Waals surface area contributed by atoms with Gasteiger partial charge in [0.1, 0.15) is 5.75 Å². The number of aryl methyl sites for hydroxylation is 1. The first kappa shape index (κ1) is 13.0. The minimum atomic E-state index is 0.443. The van der Waals surface area contributed by atoms with E-state index in [9.17, 15) is 0 Å². The maximum atomic E-state index is 5.17. The van der Waals surface area contributed by atoms with Crippen molar-refractivity contribution in [1.82, 2.24) is 0 Å². The maximum absolute atomic E-state index is 5.17. The molecule has 0 fully saturated rings. The fourth-order valence-corrected chi connectivity index (χ4v) is 2.76. The normalized spacial score (nSPS) is 12.2. The molecule has 2 rings (SSSR count). The van der Waals surface area contributed by atoms with E-state index in [0.29, 0.717) is 5.25 Å². The predicted octanol–water partition coefficient (Wildman–Crippen LogP) is 4.86. The second-order valence-corrected chi connectivity index (χ2v) is 5.76. The van der Waals surface area contributed by atoms with Gasteiger partial charge < -0.3 is 4.74 Å². The van der Waals surface area contributed by atoms with Crippen LogP contribution >= 0.6 is 11.8 Å². The van der Waals surface area contributed by atoms with Crippen LogP contribution in [0.5, 0.6) is 5.75 Å². The Morgan fingerprint density at radius 2 is 1.56 bits per heavy atom. The van der Waals surface area contributed by atoms with Crippen LogP contribution < -0.4 is 4.74 Å². The SMILES string of the molecule is COc1ccc(C(C)Sc2ccc(C)cc2)cc1. The zero-order chi connectivity index (χ0) is 13.0. The lowest BCUT2D eigenvalue weighted by Gasteiger charge is -2.12. The molecule has 1 atom stereocenters. The highest BCUT2D eigenvalue weighted by Crippen LogP contribution is 2.35. The largest absolute Gasteiger partial charge is 0.497 e. The Kier molecular flexibility index (Phi) is 4.32. The molecule has 0 heterocycles. The first-order valence-electron chi connectivity index (χ1n) is 6.06. The van der Waals surface area contributed by atoms with E-state index in [1.54, 1.807) is 7.11 Å². The summed E-state index contributed by atoms with van der Waals surface area (Å²) in [7, 11) is 1.69. The van der Waals surface area contributed by atoms with Crippen molar-refractivity contribution < 1.29 is 4.74 Å². The molecule has 0 amide bonds. The molecule has 0 aliphatic rings. The van der Waals surface area contributed by atoms with Crippen LogP contribution in [0.25, 0.3) is 0 Å². The van der Waals surface area contributed by atoms with Crippen molar-refractivity contribution in [2.75, 3.05) is 7.11 Å². The molecule has 0 aromatic heterocycles. The third-order valence-electron chi connectivity index (χ3n) is 2.92. The quantitative estimate of drug-likeness (QED) is 0.724. The van der Waals surface area contributed by atoms with E-state index in [2.05, 4.69) is 50.2 Å². The van der Waals surface area contributed by atoms with Crippen molar-refractivity contribution in [2.45, 2.75) is 24.0 Å². The standard InChI is InChI=1S/C16H18OS/c1-12-4-10-16(11-5-12)18-13(2)14-6-8-15(17-3)9-7-14/h4-11,13H,1-3H3. The second kappa shape index (κ2) is 5.96. The van der Waals surface area contributed by atoms with E-state index in [1.807, 2.05) is 23.9 Å². The number of ether oxygens (including phenoxy) is 1. The summed E-state index contributed by atoms with van der Waals surface area (Å²) in [5, 5.41) is 0.443. The summed E-state index contributed by atoms with van der Waals surface area (Å²) in [4.78, 5) is 1.31. The van der Waals surface area contributed by atoms with E-state index < -0.39 is 0 Å². The van der Waals surface area contributed by atoms with Crippen LogP contribution in [0.1, 0.15) is 23.3 Å². The minimum Gasteiger partial charge on any atom is -0.497 e. The predicted molar refractivity (Wildman–Crippen MR) is 78.4 cm³/mol. The number of hydrogen-bond acceptors (Lipinski definition) is 2. The molecule has 2 aromatic rings. The third kappa shape index (κ3) is 3.30. The summed E-state index contributed by atoms with van der Waals surface area (Å²) in [6.45, 7) is 4.34. The Labute approximate surface area is 113 Å². The number of rotatable bonds is 4. The van der Waals surface area contributed by atoms with Crippen LogP contribution in [0.3, 0.4) is 0 Å². The zero-order valence-corrected chi connectivity index (χ0v) is 11.8. The monoisotopic (exact) mass is 258 g/mol. The van der Waals surface area contributed by atoms with Crippen LogP contribution in [-0.2, 0) is 0 Å². The summed E-state index contributed by atoms with van der Waals surface area (Å²) < 4.78 is 5.17. The molecule has 18 heavy (non-hydrogen) atoms. The highest BCUT2D eigenvalue weighted by molar-refractivity contribution is 7.99. The van der Waals surface area contributed by atoms with Crippen LogP contribution in [0.4, 0.5) is 0 Å². The Bertz CT molecular complexity index is 488. The van der Waals surface area contributed by atoms with Gasteiger partial charge in [0.05, 0.1) is 7.11 Å². The highest BCUT2D eigenvalue weighted by Gasteiger charge is 2.07. The molecule has 2 heteroatoms. The molecule has 0 saturated carbocycles. The molecular formula is C16H18OS. The lowest BCUT2D eigenvalue weighted by Crippen LogP contribution is -1.89. The van der Waals surface area contributed by atoms with E-state index >= 15 is 0 Å². The molecule has 0 spiro atoms. The molecule has 94 valence electrons. The van der Waals surface area contributed by atoms with Crippen molar-refractivity contribution >= 4 is 11.8 Å². The first-order chi connectivity index (χ1) is 8.69. The third-order valence-corrected chi connectivity index (χ3v) is 4.09. The maximum Gasteiger partial charge on any atom is 0.118 e. The molecule has 0 aliphatic heterocycles. The van der Waals surface area contributed by atoms with Gasteiger partial charge in [0.15, 0.2) is 0 Å². The molecule has 0 aliphatic carbocycles. The Morgan fingerprint density at radius 3 is 2.11 bits per heavy atom. The first-order valence-corrected chi connectivity index (χ1v) is 6.94. The number of hydrogen-bond donors (Lipinski definition) is 0. The van der Waals surface area contributed by atoms with Gasteiger partial charge in [-0.25, -0.2) is 0 Å². The minimum absolute atomic E-state index is 0.443. The van der Waals surface area contributed by atoms with Crippen LogP contribution in [-0.4, -0.2) is 7.11 Å². The summed E-state index contributed by atoms with van der Waals surface area (Å²) in [5.41, 5.74) is 2.62. The van der Waals surface area contributed by atoms with Gasteiger partial charge in [-0.1, -0.05) is 29.8 Å². The van der Waals surface area contributed by atoms with Gasteiger partial charge in [0, 0.05) is 10.1 Å². The Balaban J connectivity index is 2.06. The van der Waals surface area contributed by atoms with E-state index in [4.69, 9.17) is 4.74 Å². The van der Waals surface area contributed by atoms with E-state index in [-0.39, 0.29) is 0 Å². The fraction of sp³-hybridized carbons (Fsp3) is 0.250. The van der Waals surface area contributed by atoms with Crippen molar-refractivity contribution in [3.05, 3.63) is 59.7 Å². The van der Waals surface area contributed by atoms with E-state index in [1.165, 1.54) is 16.0 Å². The lowest BCUT2D eigenvalue weighted by molar-refractivity contribution is 0.414. The van der Waals surface area contributed by atoms with Gasteiger partial charge >= 0.3 is 0 Å². The van der Waals surface area contributed by atoms with Gasteiger partial charge in [-0.05, 0) is 43.7 Å². The second-order valence-electron chi connectivity index (χ2n) is 4.35. The topological polar surface area (TPSA) is 9.23 Å². The molecule has 1 nitrogen and oxygen atoms in total. The van der Waals surface area contributed by atoms with Crippen molar-refractivity contribution in [1.29, 1.82) is 0 Å². The van der Waals surface area contributed by atoms with Crippen LogP contribution in [0.15, 0.2) is 53.4 Å². The van der Waals surface area contributed by atoms with E-state index in [0.717, 1.165) is 5.75 Å². The number of benzene rings is 2. The number of methoxy groups -OCH3 is 1. The summed E-state index contributed by atoms with van der Waals surface area (Å²) in [6.07, 6.45) is 0. The molecule has 0 bridgehead atoms. The van der Waals surface area contributed by atoms with Gasteiger partial charge in [-0.15, -0.1) is 11.8 Å². The van der Waals surface area contributed by atoms with Crippen LogP contribution in [0.2, 0.25) is 0 Å². The molecule has 0 N–H and O–H groups in total. The highest BCUT2D eigenvalue weighted by atomic mass is 32.2. The summed E-state index contributed by atoms with van der Waals surface area (Å²) in [6, 6.07) is 17.0. The Morgan fingerprint density at radius 1 is 0.944 bits per heavy atom. The average molecular weight is 258 g/mol. The van der Waals surface area contributed by atoms with Gasteiger partial charge in [-0.3, -0.25) is 0 Å². The molecule has 0 saturated heterocycles. The van der Waals surface area contributed by atoms with Gasteiger partial charge in [-0.2, -0.15) is 0 Å². The van der Waals surface area contributed by atoms with Gasteiger partial charge in [0.25, 0.3) is 0 Å². The molecular weight excluding hydrogens is 240 g/mol. The Hall–Kier alpha value is -1.41. The molecule has 1 unspecified atom stereocenters. The van der Waals surface area contributed by atoms with Crippen molar-refractivity contribution in [2.24, 2.45) is 0 Å². The van der Waals surface area contributed by atoms with Crippen molar-refractivity contribution in [3.8, 4) is 5.75 Å². The summed E-state index contributed by atoms with van der Waals surface area (Å²) in [5.74, 6) is 0.909. The smallest absolute Gasteiger partial charge is 0.118 e. The van der Waals surface area contributed by atoms with Crippen LogP contribution in [0, 0.1) is 6.92 Å². The lowest BCUT2D eigenvalue weighted by atomic mass is 10.2. The number of thioether (sulfide) groups is 1. The molecule has 2 aromatic carbocycles. The fourth-order valence-electron chi connectivity index (χ4n) is 1.76. The average Bonchev–Trinajstić information content (AvgIpc) is 2.41. The zero-order valence-electron chi connectivity index (χ0n) is 11.0. The van der Waals surface area contributed by atoms with Crippen molar-refractivity contribution in [3.63, 3.8) is 0 Å².